The first-order valence-electron chi connectivity index (χ1n) is 6.46. The molecule has 2 unspecified atom stereocenters. The van der Waals surface area contributed by atoms with Gasteiger partial charge in [-0.25, -0.2) is 8.42 Å². The van der Waals surface area contributed by atoms with E-state index in [4.69, 9.17) is 15.6 Å². The summed E-state index contributed by atoms with van der Waals surface area (Å²) in [5, 5.41) is 9.15. The van der Waals surface area contributed by atoms with Gasteiger partial charge in [0.05, 0.1) is 24.2 Å². The van der Waals surface area contributed by atoms with Crippen molar-refractivity contribution in [2.24, 2.45) is 0 Å². The molecule has 2 rings (SSSR count). The number of nitrogens with zero attached hydrogens (tertiary/aromatic N) is 1. The van der Waals surface area contributed by atoms with Crippen molar-refractivity contribution in [2.45, 2.75) is 30.9 Å². The van der Waals surface area contributed by atoms with Gasteiger partial charge < -0.3 is 15.6 Å². The Bertz CT molecular complexity index is 588. The molecule has 0 saturated carbocycles. The van der Waals surface area contributed by atoms with Crippen molar-refractivity contribution < 1.29 is 18.3 Å². The summed E-state index contributed by atoms with van der Waals surface area (Å²) in [5.41, 5.74) is 7.08. The zero-order valence-corrected chi connectivity index (χ0v) is 12.4. The molecule has 1 fully saturated rings. The molecule has 7 heteroatoms. The van der Waals surface area contributed by atoms with Crippen molar-refractivity contribution in [3.8, 4) is 0 Å². The van der Waals surface area contributed by atoms with E-state index in [2.05, 4.69) is 0 Å². The second kappa shape index (κ2) is 5.69. The molecule has 0 aromatic heterocycles. The van der Waals surface area contributed by atoms with E-state index in [1.54, 1.807) is 19.1 Å². The Morgan fingerprint density at radius 3 is 2.80 bits per heavy atom. The number of aryl methyl sites for hydroxylation is 1. The van der Waals surface area contributed by atoms with Gasteiger partial charge in [0.2, 0.25) is 10.0 Å². The van der Waals surface area contributed by atoms with Gasteiger partial charge in [0.15, 0.2) is 0 Å². The minimum atomic E-state index is -3.63. The summed E-state index contributed by atoms with van der Waals surface area (Å²) in [6.07, 6.45) is -0.483. The molecule has 0 amide bonds. The molecule has 0 aliphatic carbocycles. The summed E-state index contributed by atoms with van der Waals surface area (Å²) >= 11 is 0. The number of ether oxygens (including phenoxy) is 1. The summed E-state index contributed by atoms with van der Waals surface area (Å²) in [6.45, 7) is 3.82. The van der Waals surface area contributed by atoms with Crippen LogP contribution in [0.1, 0.15) is 12.5 Å². The third-order valence-electron chi connectivity index (χ3n) is 3.51. The predicted molar refractivity (Wildman–Crippen MR) is 75.8 cm³/mol. The standard InChI is InChI=1S/C13H20N2O4S/c1-9-3-4-12(5-13(9)14)20(17,18)15-6-11(7-16)19-8-10(15)2/h3-5,10-11,16H,6-8,14H2,1-2H3. The van der Waals surface area contributed by atoms with Crippen LogP contribution in [0.25, 0.3) is 0 Å². The molecule has 6 nitrogen and oxygen atoms in total. The fourth-order valence-electron chi connectivity index (χ4n) is 2.15. The van der Waals surface area contributed by atoms with Crippen LogP contribution < -0.4 is 5.73 Å². The molecule has 1 aromatic rings. The smallest absolute Gasteiger partial charge is 0.243 e. The van der Waals surface area contributed by atoms with Crippen molar-refractivity contribution in [3.05, 3.63) is 23.8 Å². The van der Waals surface area contributed by atoms with E-state index in [-0.39, 0.29) is 30.7 Å². The van der Waals surface area contributed by atoms with Crippen LogP contribution in [0.5, 0.6) is 0 Å². The van der Waals surface area contributed by atoms with Gasteiger partial charge in [-0.1, -0.05) is 6.07 Å². The number of morpholine rings is 1. The highest BCUT2D eigenvalue weighted by atomic mass is 32.2. The number of sulfonamides is 1. The van der Waals surface area contributed by atoms with Crippen LogP contribution in [0.4, 0.5) is 5.69 Å². The lowest BCUT2D eigenvalue weighted by Gasteiger charge is -2.36. The number of hydrogen-bond acceptors (Lipinski definition) is 5. The number of benzene rings is 1. The maximum Gasteiger partial charge on any atom is 0.243 e. The first kappa shape index (κ1) is 15.2. The Kier molecular flexibility index (Phi) is 4.33. The molecule has 3 N–H and O–H groups in total. The summed E-state index contributed by atoms with van der Waals surface area (Å²) in [4.78, 5) is 0.172. The zero-order chi connectivity index (χ0) is 14.9. The monoisotopic (exact) mass is 300 g/mol. The molecule has 20 heavy (non-hydrogen) atoms. The molecule has 1 aliphatic rings. The average molecular weight is 300 g/mol. The second-order valence-corrected chi connectivity index (χ2v) is 6.97. The van der Waals surface area contributed by atoms with Crippen LogP contribution in [-0.2, 0) is 14.8 Å². The zero-order valence-electron chi connectivity index (χ0n) is 11.6. The lowest BCUT2D eigenvalue weighted by atomic mass is 10.2. The second-order valence-electron chi connectivity index (χ2n) is 5.08. The quantitative estimate of drug-likeness (QED) is 0.786. The largest absolute Gasteiger partial charge is 0.398 e. The fraction of sp³-hybridized carbons (Fsp3) is 0.538. The molecule has 0 bridgehead atoms. The Morgan fingerprint density at radius 2 is 2.20 bits per heavy atom. The SMILES string of the molecule is Cc1ccc(S(=O)(=O)N2CC(CO)OCC2C)cc1N. The van der Waals surface area contributed by atoms with Gasteiger partial charge in [0.25, 0.3) is 0 Å². The van der Waals surface area contributed by atoms with Crippen molar-refractivity contribution in [1.82, 2.24) is 4.31 Å². The lowest BCUT2D eigenvalue weighted by Crippen LogP contribution is -2.51. The molecule has 112 valence electrons. The summed E-state index contributed by atoms with van der Waals surface area (Å²) in [6, 6.07) is 4.44. The third-order valence-corrected chi connectivity index (χ3v) is 5.49. The molecule has 1 aromatic carbocycles. The van der Waals surface area contributed by atoms with Gasteiger partial charge in [0, 0.05) is 18.3 Å². The van der Waals surface area contributed by atoms with Crippen LogP contribution in [0.15, 0.2) is 23.1 Å². The lowest BCUT2D eigenvalue weighted by molar-refractivity contribution is -0.0516. The molecular weight excluding hydrogens is 280 g/mol. The van der Waals surface area contributed by atoms with Gasteiger partial charge in [0.1, 0.15) is 0 Å². The Labute approximate surface area is 119 Å². The average Bonchev–Trinajstić information content (AvgIpc) is 2.42. The Morgan fingerprint density at radius 1 is 1.50 bits per heavy atom. The van der Waals surface area contributed by atoms with Gasteiger partial charge >= 0.3 is 0 Å². The minimum Gasteiger partial charge on any atom is -0.398 e. The number of aliphatic hydroxyl groups is 1. The molecule has 1 heterocycles. The molecule has 0 spiro atoms. The van der Waals surface area contributed by atoms with Gasteiger partial charge in [-0.05, 0) is 31.5 Å². The minimum absolute atomic E-state index is 0.147. The number of hydrogen-bond donors (Lipinski definition) is 2. The van der Waals surface area contributed by atoms with Gasteiger partial charge in [-0.2, -0.15) is 4.31 Å². The highest BCUT2D eigenvalue weighted by Gasteiger charge is 2.35. The number of nitrogen functional groups attached to an aromatic ring is 1. The first-order chi connectivity index (χ1) is 9.36. The summed E-state index contributed by atoms with van der Waals surface area (Å²) in [5.74, 6) is 0. The van der Waals surface area contributed by atoms with Crippen LogP contribution in [0.3, 0.4) is 0 Å². The third kappa shape index (κ3) is 2.80. The van der Waals surface area contributed by atoms with Crippen LogP contribution in [0, 0.1) is 6.92 Å². The van der Waals surface area contributed by atoms with Gasteiger partial charge in [-0.15, -0.1) is 0 Å². The van der Waals surface area contributed by atoms with Gasteiger partial charge in [-0.3, -0.25) is 0 Å². The molecular formula is C13H20N2O4S. The first-order valence-corrected chi connectivity index (χ1v) is 7.90. The van der Waals surface area contributed by atoms with Crippen LogP contribution >= 0.6 is 0 Å². The van der Waals surface area contributed by atoms with E-state index in [1.165, 1.54) is 10.4 Å². The van der Waals surface area contributed by atoms with E-state index in [1.807, 2.05) is 6.92 Å². The van der Waals surface area contributed by atoms with E-state index < -0.39 is 16.1 Å². The van der Waals surface area contributed by atoms with Crippen LogP contribution in [0.2, 0.25) is 0 Å². The highest BCUT2D eigenvalue weighted by molar-refractivity contribution is 7.89. The summed E-state index contributed by atoms with van der Waals surface area (Å²) in [7, 11) is -3.63. The maximum atomic E-state index is 12.7. The maximum absolute atomic E-state index is 12.7. The van der Waals surface area contributed by atoms with E-state index in [9.17, 15) is 8.42 Å². The molecule has 1 aliphatic heterocycles. The normalized spacial score (nSPS) is 24.8. The molecule has 1 saturated heterocycles. The van der Waals surface area contributed by atoms with Crippen molar-refractivity contribution in [2.75, 3.05) is 25.5 Å². The Balaban J connectivity index is 2.35. The highest BCUT2D eigenvalue weighted by Crippen LogP contribution is 2.25. The molecule has 0 radical (unpaired) electrons. The number of aliphatic hydroxyl groups excluding tert-OH is 1. The van der Waals surface area contributed by atoms with Crippen LogP contribution in [-0.4, -0.2) is 49.7 Å². The van der Waals surface area contributed by atoms with Crippen molar-refractivity contribution in [3.63, 3.8) is 0 Å². The number of rotatable bonds is 3. The van der Waals surface area contributed by atoms with Crippen molar-refractivity contribution in [1.29, 1.82) is 0 Å². The number of nitrogens with two attached hydrogens (primary N) is 1. The fourth-order valence-corrected chi connectivity index (χ4v) is 3.84. The Hall–Kier alpha value is -1.15. The molecule has 2 atom stereocenters. The van der Waals surface area contributed by atoms with Crippen molar-refractivity contribution >= 4 is 15.7 Å². The van der Waals surface area contributed by atoms with E-state index in [0.29, 0.717) is 5.69 Å². The predicted octanol–water partition coefficient (Wildman–Crippen LogP) is 0.348. The van der Waals surface area contributed by atoms with E-state index >= 15 is 0 Å². The summed E-state index contributed by atoms with van der Waals surface area (Å²) < 4.78 is 32.0. The topological polar surface area (TPSA) is 92.9 Å². The number of anilines is 1. The van der Waals surface area contributed by atoms with E-state index in [0.717, 1.165) is 5.56 Å².